The van der Waals surface area contributed by atoms with Crippen molar-refractivity contribution in [2.24, 2.45) is 0 Å². The number of halogens is 3. The molecule has 1 heterocycles. The maximum atomic E-state index is 13.8. The van der Waals surface area contributed by atoms with E-state index in [4.69, 9.17) is 4.42 Å². The predicted octanol–water partition coefficient (Wildman–Crippen LogP) is 3.45. The third-order valence-electron chi connectivity index (χ3n) is 2.81. The lowest BCUT2D eigenvalue weighted by molar-refractivity contribution is 0.395. The Hall–Kier alpha value is -1.25. The molecule has 2 aromatic rings. The second-order valence-corrected chi connectivity index (χ2v) is 7.31. The van der Waals surface area contributed by atoms with Crippen LogP contribution in [0.2, 0.25) is 0 Å². The molecule has 1 aromatic heterocycles. The Morgan fingerprint density at radius 1 is 1.29 bits per heavy atom. The second kappa shape index (κ2) is 5.86. The highest BCUT2D eigenvalue weighted by molar-refractivity contribution is 9.10. The van der Waals surface area contributed by atoms with Crippen LogP contribution in [0.5, 0.6) is 0 Å². The van der Waals surface area contributed by atoms with E-state index in [2.05, 4.69) is 15.9 Å². The fourth-order valence-corrected chi connectivity index (χ4v) is 4.05. The molecular weight excluding hydrogens is 368 g/mol. The summed E-state index contributed by atoms with van der Waals surface area (Å²) in [5.74, 6) is -0.936. The van der Waals surface area contributed by atoms with Gasteiger partial charge in [0.1, 0.15) is 28.1 Å². The highest BCUT2D eigenvalue weighted by atomic mass is 79.9. The Bertz CT molecular complexity index is 750. The van der Waals surface area contributed by atoms with E-state index in [-0.39, 0.29) is 11.0 Å². The van der Waals surface area contributed by atoms with Gasteiger partial charge in [-0.15, -0.1) is 0 Å². The SMILES string of the molecule is Cc1ccc(CN(C)S(=O)(=O)c2c(F)cc(F)cc2Br)o1. The summed E-state index contributed by atoms with van der Waals surface area (Å²) in [4.78, 5) is -0.602. The molecule has 0 aliphatic carbocycles. The molecule has 4 nitrogen and oxygen atoms in total. The summed E-state index contributed by atoms with van der Waals surface area (Å²) in [5.41, 5.74) is 0. The molecule has 0 aliphatic heterocycles. The van der Waals surface area contributed by atoms with Crippen molar-refractivity contribution in [3.8, 4) is 0 Å². The van der Waals surface area contributed by atoms with Crippen LogP contribution < -0.4 is 0 Å². The maximum absolute atomic E-state index is 13.8. The van der Waals surface area contributed by atoms with Crippen LogP contribution in [-0.4, -0.2) is 19.8 Å². The molecule has 0 saturated carbocycles. The van der Waals surface area contributed by atoms with Crippen molar-refractivity contribution in [1.82, 2.24) is 4.31 Å². The first-order valence-corrected chi connectivity index (χ1v) is 8.11. The first-order valence-electron chi connectivity index (χ1n) is 5.88. The number of rotatable bonds is 4. The van der Waals surface area contributed by atoms with Crippen molar-refractivity contribution in [3.05, 3.63) is 51.9 Å². The van der Waals surface area contributed by atoms with Crippen LogP contribution in [0.4, 0.5) is 8.78 Å². The Labute approximate surface area is 129 Å². The number of benzene rings is 1. The van der Waals surface area contributed by atoms with Gasteiger partial charge in [-0.25, -0.2) is 17.2 Å². The lowest BCUT2D eigenvalue weighted by Crippen LogP contribution is -2.27. The maximum Gasteiger partial charge on any atom is 0.247 e. The summed E-state index contributed by atoms with van der Waals surface area (Å²) in [5, 5.41) is 0. The van der Waals surface area contributed by atoms with Crippen molar-refractivity contribution in [1.29, 1.82) is 0 Å². The Morgan fingerprint density at radius 2 is 1.95 bits per heavy atom. The van der Waals surface area contributed by atoms with Gasteiger partial charge in [0.25, 0.3) is 0 Å². The fourth-order valence-electron chi connectivity index (χ4n) is 1.81. The van der Waals surface area contributed by atoms with Gasteiger partial charge in [-0.05, 0) is 41.1 Å². The van der Waals surface area contributed by atoms with Gasteiger partial charge < -0.3 is 4.42 Å². The molecule has 0 aliphatic rings. The van der Waals surface area contributed by atoms with Crippen molar-refractivity contribution < 1.29 is 21.6 Å². The van der Waals surface area contributed by atoms with Crippen LogP contribution in [0.3, 0.4) is 0 Å². The summed E-state index contributed by atoms with van der Waals surface area (Å²) in [6.45, 7) is 1.67. The molecule has 0 unspecified atom stereocenters. The molecule has 0 fully saturated rings. The fraction of sp³-hybridized carbons (Fsp3) is 0.231. The van der Waals surface area contributed by atoms with E-state index in [0.717, 1.165) is 10.4 Å². The van der Waals surface area contributed by atoms with Gasteiger partial charge in [0.2, 0.25) is 10.0 Å². The van der Waals surface area contributed by atoms with Gasteiger partial charge in [-0.1, -0.05) is 0 Å². The van der Waals surface area contributed by atoms with E-state index >= 15 is 0 Å². The highest BCUT2D eigenvalue weighted by Gasteiger charge is 2.28. The number of furan rings is 1. The summed E-state index contributed by atoms with van der Waals surface area (Å²) in [6, 6.07) is 4.77. The molecule has 114 valence electrons. The largest absolute Gasteiger partial charge is 0.465 e. The topological polar surface area (TPSA) is 50.5 Å². The highest BCUT2D eigenvalue weighted by Crippen LogP contribution is 2.29. The second-order valence-electron chi connectivity index (χ2n) is 4.47. The zero-order valence-electron chi connectivity index (χ0n) is 11.2. The van der Waals surface area contributed by atoms with Crippen LogP contribution in [0, 0.1) is 18.6 Å². The molecular formula is C13H12BrF2NO3S. The number of hydrogen-bond donors (Lipinski definition) is 0. The minimum absolute atomic E-state index is 0.0561. The van der Waals surface area contributed by atoms with Crippen LogP contribution in [0.1, 0.15) is 11.5 Å². The van der Waals surface area contributed by atoms with Crippen LogP contribution in [0.15, 0.2) is 38.1 Å². The van der Waals surface area contributed by atoms with E-state index in [1.54, 1.807) is 19.1 Å². The molecule has 0 saturated heterocycles. The normalized spacial score (nSPS) is 12.1. The van der Waals surface area contributed by atoms with Crippen molar-refractivity contribution >= 4 is 26.0 Å². The Kier molecular flexibility index (Phi) is 4.50. The number of nitrogens with zero attached hydrogens (tertiary/aromatic N) is 1. The summed E-state index contributed by atoms with van der Waals surface area (Å²) in [7, 11) is -2.83. The molecule has 0 spiro atoms. The van der Waals surface area contributed by atoms with Crippen molar-refractivity contribution in [3.63, 3.8) is 0 Å². The van der Waals surface area contributed by atoms with Crippen LogP contribution in [-0.2, 0) is 16.6 Å². The monoisotopic (exact) mass is 379 g/mol. The molecule has 0 N–H and O–H groups in total. The molecule has 0 radical (unpaired) electrons. The van der Waals surface area contributed by atoms with E-state index < -0.39 is 26.6 Å². The van der Waals surface area contributed by atoms with E-state index in [9.17, 15) is 17.2 Å². The van der Waals surface area contributed by atoms with Gasteiger partial charge >= 0.3 is 0 Å². The van der Waals surface area contributed by atoms with Crippen LogP contribution in [0.25, 0.3) is 0 Å². The van der Waals surface area contributed by atoms with Crippen LogP contribution >= 0.6 is 15.9 Å². The third-order valence-corrected chi connectivity index (χ3v) is 5.57. The van der Waals surface area contributed by atoms with Gasteiger partial charge in [0.05, 0.1) is 6.54 Å². The first-order chi connectivity index (χ1) is 9.71. The van der Waals surface area contributed by atoms with Crippen molar-refractivity contribution in [2.75, 3.05) is 7.05 Å². The van der Waals surface area contributed by atoms with E-state index in [0.29, 0.717) is 17.6 Å². The van der Waals surface area contributed by atoms with E-state index in [1.165, 1.54) is 7.05 Å². The van der Waals surface area contributed by atoms with Gasteiger partial charge in [-0.3, -0.25) is 0 Å². The standard InChI is InChI=1S/C13H12BrF2NO3S/c1-8-3-4-10(20-8)7-17(2)21(18,19)13-11(14)5-9(15)6-12(13)16/h3-6H,7H2,1-2H3. The Balaban J connectivity index is 2.38. The zero-order chi connectivity index (χ0) is 15.8. The average Bonchev–Trinajstić information content (AvgIpc) is 2.72. The quantitative estimate of drug-likeness (QED) is 0.817. The van der Waals surface area contributed by atoms with Gasteiger partial charge in [-0.2, -0.15) is 4.31 Å². The first kappa shape index (κ1) is 16.1. The van der Waals surface area contributed by atoms with E-state index in [1.807, 2.05) is 0 Å². The molecule has 21 heavy (non-hydrogen) atoms. The number of aryl methyl sites for hydroxylation is 1. The molecule has 2 rings (SSSR count). The Morgan fingerprint density at radius 3 is 2.48 bits per heavy atom. The predicted molar refractivity (Wildman–Crippen MR) is 76.2 cm³/mol. The van der Waals surface area contributed by atoms with Crippen molar-refractivity contribution in [2.45, 2.75) is 18.4 Å². The third kappa shape index (κ3) is 3.33. The lowest BCUT2D eigenvalue weighted by atomic mass is 10.3. The smallest absolute Gasteiger partial charge is 0.247 e. The minimum atomic E-state index is -4.12. The number of sulfonamides is 1. The average molecular weight is 380 g/mol. The van der Waals surface area contributed by atoms with Gasteiger partial charge in [0.15, 0.2) is 0 Å². The molecule has 0 bridgehead atoms. The minimum Gasteiger partial charge on any atom is -0.465 e. The van der Waals surface area contributed by atoms with Gasteiger partial charge in [0, 0.05) is 17.6 Å². The summed E-state index contributed by atoms with van der Waals surface area (Å²) in [6.07, 6.45) is 0. The summed E-state index contributed by atoms with van der Waals surface area (Å²) < 4.78 is 57.7. The number of hydrogen-bond acceptors (Lipinski definition) is 3. The molecule has 0 atom stereocenters. The summed E-state index contributed by atoms with van der Waals surface area (Å²) >= 11 is 2.88. The molecule has 8 heteroatoms. The lowest BCUT2D eigenvalue weighted by Gasteiger charge is -2.17. The zero-order valence-corrected chi connectivity index (χ0v) is 13.6. The molecule has 1 aromatic carbocycles. The molecule has 0 amide bonds.